The van der Waals surface area contributed by atoms with Crippen molar-refractivity contribution in [3.05, 3.63) is 51.9 Å². The lowest BCUT2D eigenvalue weighted by molar-refractivity contribution is 0.0693. The number of benzene rings is 1. The summed E-state index contributed by atoms with van der Waals surface area (Å²) in [4.78, 5) is 24.4. The van der Waals surface area contributed by atoms with Crippen LogP contribution < -0.4 is 10.2 Å². The molecular weight excluding hydrogens is 436 g/mol. The number of hydrogen-bond acceptors (Lipinski definition) is 6. The predicted molar refractivity (Wildman–Crippen MR) is 127 cm³/mol. The molecule has 180 valence electrons. The molecule has 0 amide bonds. The maximum atomic E-state index is 12.7. The Hall–Kier alpha value is -3.46. The summed E-state index contributed by atoms with van der Waals surface area (Å²) in [6, 6.07) is 5.41. The van der Waals surface area contributed by atoms with Crippen LogP contribution in [0.5, 0.6) is 5.75 Å². The van der Waals surface area contributed by atoms with E-state index in [0.717, 1.165) is 28.8 Å². The molecule has 0 unspecified atom stereocenters. The van der Waals surface area contributed by atoms with Crippen molar-refractivity contribution in [2.75, 3.05) is 20.3 Å². The average molecular weight is 467 g/mol. The van der Waals surface area contributed by atoms with Gasteiger partial charge in [0.1, 0.15) is 11.3 Å². The normalized spacial score (nSPS) is 15.0. The third-order valence-corrected chi connectivity index (χ3v) is 6.28. The zero-order chi connectivity index (χ0) is 24.6. The van der Waals surface area contributed by atoms with Gasteiger partial charge in [0.2, 0.25) is 0 Å². The first-order chi connectivity index (χ1) is 16.1. The van der Waals surface area contributed by atoms with E-state index >= 15 is 0 Å². The van der Waals surface area contributed by atoms with E-state index in [0.29, 0.717) is 31.1 Å². The fraction of sp³-hybridized carbons (Fsp3) is 0.440. The first kappa shape index (κ1) is 23.7. The van der Waals surface area contributed by atoms with Crippen LogP contribution in [-0.2, 0) is 18.2 Å². The summed E-state index contributed by atoms with van der Waals surface area (Å²) in [5.74, 6) is -0.508. The molecule has 2 aromatic heterocycles. The fourth-order valence-corrected chi connectivity index (χ4v) is 4.48. The average Bonchev–Trinajstić information content (AvgIpc) is 3.20. The summed E-state index contributed by atoms with van der Waals surface area (Å²) >= 11 is 0. The van der Waals surface area contributed by atoms with Crippen molar-refractivity contribution in [1.29, 1.82) is 0 Å². The van der Waals surface area contributed by atoms with Crippen LogP contribution in [0.15, 0.2) is 35.4 Å². The molecule has 1 atom stereocenters. The minimum Gasteiger partial charge on any atom is -0.493 e. The number of aromatic carboxylic acids is 1. The zero-order valence-electron chi connectivity index (χ0n) is 20.2. The number of carboxylic acids is 1. The summed E-state index contributed by atoms with van der Waals surface area (Å²) in [5, 5.41) is 17.6. The third kappa shape index (κ3) is 4.35. The topological polar surface area (TPSA) is 108 Å². The molecule has 1 N–H and O–H groups in total. The van der Waals surface area contributed by atoms with Crippen LogP contribution in [0.3, 0.4) is 0 Å². The maximum absolute atomic E-state index is 12.7. The minimum atomic E-state index is -1.22. The number of fused-ring (bicyclic) bond motifs is 3. The molecule has 0 radical (unpaired) electrons. The molecule has 0 saturated carbocycles. The quantitative estimate of drug-likeness (QED) is 0.530. The van der Waals surface area contributed by atoms with Crippen LogP contribution in [0.2, 0.25) is 0 Å². The van der Waals surface area contributed by atoms with Crippen LogP contribution in [0.4, 0.5) is 0 Å². The molecule has 0 bridgehead atoms. The van der Waals surface area contributed by atoms with Gasteiger partial charge in [-0.05, 0) is 29.5 Å². The van der Waals surface area contributed by atoms with Crippen LogP contribution in [0, 0.1) is 5.41 Å². The standard InChI is InChI=1S/C25H30N4O5/c1-25(2,3)23-10-15-9-22(34-8-6-7-33-5)17(20-13-26-27-28(20)4)11-16(15)19-12-21(30)18(24(31)32)14-29(19)23/h9,11-14,23H,6-8,10H2,1-5H3,(H,31,32)/t23-/m0/s1. The number of methoxy groups -OCH3 is 1. The Bertz CT molecular complexity index is 1290. The monoisotopic (exact) mass is 466 g/mol. The molecule has 1 aromatic carbocycles. The summed E-state index contributed by atoms with van der Waals surface area (Å²) in [7, 11) is 3.47. The summed E-state index contributed by atoms with van der Waals surface area (Å²) in [6.45, 7) is 7.43. The predicted octanol–water partition coefficient (Wildman–Crippen LogP) is 3.57. The SMILES string of the molecule is COCCCOc1cc2c(cc1-c1cnnn1C)-c1cc(=O)c(C(=O)O)cn1[C@H](C(C)(C)C)C2. The molecule has 9 nitrogen and oxygen atoms in total. The summed E-state index contributed by atoms with van der Waals surface area (Å²) in [6.07, 6.45) is 4.58. The highest BCUT2D eigenvalue weighted by atomic mass is 16.5. The number of carboxylic acid groups (broad SMARTS) is 1. The Morgan fingerprint density at radius 3 is 2.56 bits per heavy atom. The Kier molecular flexibility index (Phi) is 6.31. The van der Waals surface area contributed by atoms with E-state index in [4.69, 9.17) is 9.47 Å². The molecule has 4 rings (SSSR count). The lowest BCUT2D eigenvalue weighted by Crippen LogP contribution is -2.32. The van der Waals surface area contributed by atoms with Gasteiger partial charge in [-0.15, -0.1) is 5.10 Å². The largest absolute Gasteiger partial charge is 0.493 e. The van der Waals surface area contributed by atoms with Gasteiger partial charge in [-0.2, -0.15) is 0 Å². The molecular formula is C25H30N4O5. The van der Waals surface area contributed by atoms with Gasteiger partial charge in [0.15, 0.2) is 5.43 Å². The summed E-state index contributed by atoms with van der Waals surface area (Å²) < 4.78 is 14.9. The first-order valence-corrected chi connectivity index (χ1v) is 11.3. The lowest BCUT2D eigenvalue weighted by atomic mass is 9.78. The highest BCUT2D eigenvalue weighted by Crippen LogP contribution is 2.45. The fourth-order valence-electron chi connectivity index (χ4n) is 4.48. The van der Waals surface area contributed by atoms with Gasteiger partial charge in [-0.1, -0.05) is 26.0 Å². The van der Waals surface area contributed by atoms with Crippen molar-refractivity contribution < 1.29 is 19.4 Å². The number of rotatable bonds is 7. The first-order valence-electron chi connectivity index (χ1n) is 11.3. The van der Waals surface area contributed by atoms with Crippen molar-refractivity contribution in [2.45, 2.75) is 39.7 Å². The Morgan fingerprint density at radius 1 is 1.18 bits per heavy atom. The van der Waals surface area contributed by atoms with Gasteiger partial charge in [0.25, 0.3) is 0 Å². The maximum Gasteiger partial charge on any atom is 0.341 e. The highest BCUT2D eigenvalue weighted by Gasteiger charge is 2.34. The van der Waals surface area contributed by atoms with E-state index in [1.54, 1.807) is 18.0 Å². The second kappa shape index (κ2) is 9.06. The number of pyridine rings is 1. The molecule has 34 heavy (non-hydrogen) atoms. The second-order valence-electron chi connectivity index (χ2n) is 9.68. The number of carbonyl (C=O) groups is 1. The molecule has 0 spiro atoms. The molecule has 1 aliphatic rings. The van der Waals surface area contributed by atoms with E-state index in [9.17, 15) is 14.7 Å². The number of aryl methyl sites for hydroxylation is 1. The van der Waals surface area contributed by atoms with Gasteiger partial charge in [0, 0.05) is 56.6 Å². The van der Waals surface area contributed by atoms with Gasteiger partial charge in [-0.25, -0.2) is 9.48 Å². The minimum absolute atomic E-state index is 0.0424. The Morgan fingerprint density at radius 2 is 1.94 bits per heavy atom. The van der Waals surface area contributed by atoms with Crippen LogP contribution in [0.25, 0.3) is 22.5 Å². The molecule has 3 heterocycles. The molecule has 9 heteroatoms. The van der Waals surface area contributed by atoms with Gasteiger partial charge in [0.05, 0.1) is 24.2 Å². The molecule has 0 saturated heterocycles. The van der Waals surface area contributed by atoms with Crippen molar-refractivity contribution in [3.63, 3.8) is 0 Å². The Labute approximate surface area is 197 Å². The molecule has 3 aromatic rings. The van der Waals surface area contributed by atoms with Crippen molar-refractivity contribution in [2.24, 2.45) is 12.5 Å². The van der Waals surface area contributed by atoms with E-state index in [1.165, 1.54) is 12.3 Å². The summed E-state index contributed by atoms with van der Waals surface area (Å²) in [5.41, 5.74) is 3.27. The van der Waals surface area contributed by atoms with Crippen molar-refractivity contribution in [1.82, 2.24) is 19.6 Å². The molecule has 0 aliphatic carbocycles. The smallest absolute Gasteiger partial charge is 0.341 e. The van der Waals surface area contributed by atoms with Crippen LogP contribution in [-0.4, -0.2) is 51.0 Å². The van der Waals surface area contributed by atoms with E-state index < -0.39 is 11.4 Å². The molecule has 0 fully saturated rings. The molecule has 1 aliphatic heterocycles. The van der Waals surface area contributed by atoms with E-state index in [1.807, 2.05) is 23.7 Å². The second-order valence-corrected chi connectivity index (χ2v) is 9.68. The zero-order valence-corrected chi connectivity index (χ0v) is 20.2. The number of ether oxygens (including phenoxy) is 2. The van der Waals surface area contributed by atoms with Crippen molar-refractivity contribution in [3.8, 4) is 28.3 Å². The third-order valence-electron chi connectivity index (χ3n) is 6.28. The van der Waals surface area contributed by atoms with Gasteiger partial charge < -0.3 is 19.1 Å². The van der Waals surface area contributed by atoms with E-state index in [2.05, 4.69) is 31.1 Å². The number of nitrogens with zero attached hydrogens (tertiary/aromatic N) is 4. The van der Waals surface area contributed by atoms with Crippen LogP contribution >= 0.6 is 0 Å². The van der Waals surface area contributed by atoms with Gasteiger partial charge >= 0.3 is 5.97 Å². The lowest BCUT2D eigenvalue weighted by Gasteiger charge is -2.39. The Balaban J connectivity index is 1.93. The number of aromatic nitrogens is 4. The van der Waals surface area contributed by atoms with Crippen molar-refractivity contribution >= 4 is 5.97 Å². The number of hydrogen-bond donors (Lipinski definition) is 1. The van der Waals surface area contributed by atoms with E-state index in [-0.39, 0.29) is 17.0 Å². The highest BCUT2D eigenvalue weighted by molar-refractivity contribution is 5.88. The van der Waals surface area contributed by atoms with Crippen LogP contribution in [0.1, 0.15) is 49.2 Å². The van der Waals surface area contributed by atoms with Gasteiger partial charge in [-0.3, -0.25) is 4.79 Å².